The summed E-state index contributed by atoms with van der Waals surface area (Å²) in [5.74, 6) is 1.51. The van der Waals surface area contributed by atoms with Gasteiger partial charge in [-0.3, -0.25) is 4.79 Å². The fourth-order valence-electron chi connectivity index (χ4n) is 2.53. The van der Waals surface area contributed by atoms with Crippen LogP contribution in [-0.4, -0.2) is 35.7 Å². The normalized spacial score (nSPS) is 17.5. The van der Waals surface area contributed by atoms with Crippen molar-refractivity contribution < 1.29 is 13.7 Å². The molecule has 0 saturated carbocycles. The van der Waals surface area contributed by atoms with Crippen LogP contribution in [0.3, 0.4) is 0 Å². The van der Waals surface area contributed by atoms with Gasteiger partial charge in [0.2, 0.25) is 17.6 Å². The minimum Gasteiger partial charge on any atom is -0.472 e. The van der Waals surface area contributed by atoms with Crippen molar-refractivity contribution in [3.8, 4) is 11.4 Å². The first-order chi connectivity index (χ1) is 10.8. The average molecular weight is 341 g/mol. The van der Waals surface area contributed by atoms with Gasteiger partial charge in [-0.25, -0.2) is 0 Å². The van der Waals surface area contributed by atoms with Crippen molar-refractivity contribution in [2.24, 2.45) is 5.92 Å². The Kier molecular flexibility index (Phi) is 6.61. The lowest BCUT2D eigenvalue weighted by Gasteiger charge is -2.22. The Morgan fingerprint density at radius 2 is 2.39 bits per heavy atom. The third-order valence-electron chi connectivity index (χ3n) is 3.80. The van der Waals surface area contributed by atoms with E-state index in [1.807, 2.05) is 0 Å². The Labute approximate surface area is 140 Å². The topological polar surface area (TPSA) is 93.2 Å². The van der Waals surface area contributed by atoms with Gasteiger partial charge in [-0.2, -0.15) is 4.98 Å². The first-order valence-electron chi connectivity index (χ1n) is 7.64. The molecule has 7 nitrogen and oxygen atoms in total. The summed E-state index contributed by atoms with van der Waals surface area (Å²) >= 11 is 0. The van der Waals surface area contributed by atoms with E-state index in [9.17, 15) is 4.79 Å². The van der Waals surface area contributed by atoms with E-state index in [-0.39, 0.29) is 18.3 Å². The van der Waals surface area contributed by atoms with Crippen LogP contribution in [0.25, 0.3) is 11.4 Å². The van der Waals surface area contributed by atoms with Gasteiger partial charge in [0.05, 0.1) is 11.8 Å². The van der Waals surface area contributed by atoms with Crippen molar-refractivity contribution in [1.82, 2.24) is 20.8 Å². The van der Waals surface area contributed by atoms with Gasteiger partial charge in [-0.1, -0.05) is 5.16 Å². The maximum atomic E-state index is 11.9. The van der Waals surface area contributed by atoms with Gasteiger partial charge in [0.25, 0.3) is 0 Å². The third-order valence-corrected chi connectivity index (χ3v) is 3.80. The van der Waals surface area contributed by atoms with E-state index in [1.54, 1.807) is 18.6 Å². The van der Waals surface area contributed by atoms with Crippen LogP contribution in [0, 0.1) is 5.92 Å². The smallest absolute Gasteiger partial charge is 0.227 e. The molecule has 1 aliphatic heterocycles. The van der Waals surface area contributed by atoms with Crippen molar-refractivity contribution in [1.29, 1.82) is 0 Å². The van der Waals surface area contributed by atoms with Crippen molar-refractivity contribution >= 4 is 18.3 Å². The Morgan fingerprint density at radius 3 is 3.13 bits per heavy atom. The molecule has 0 spiro atoms. The SMILES string of the molecule is Cl.O=C(CCc1nc(-c2ccoc2)no1)NCC1CCCNC1. The molecule has 2 aromatic rings. The molecule has 1 unspecified atom stereocenters. The first kappa shape index (κ1) is 17.5. The highest BCUT2D eigenvalue weighted by atomic mass is 35.5. The van der Waals surface area contributed by atoms with Crippen molar-refractivity contribution in [3.63, 3.8) is 0 Å². The molecule has 1 saturated heterocycles. The fraction of sp³-hybridized carbons (Fsp3) is 0.533. The van der Waals surface area contributed by atoms with E-state index in [0.29, 0.717) is 30.5 Å². The first-order valence-corrected chi connectivity index (χ1v) is 7.64. The minimum absolute atomic E-state index is 0. The molecule has 2 aromatic heterocycles. The van der Waals surface area contributed by atoms with Gasteiger partial charge in [0.15, 0.2) is 0 Å². The summed E-state index contributed by atoms with van der Waals surface area (Å²) in [6, 6.07) is 1.76. The second-order valence-electron chi connectivity index (χ2n) is 5.54. The Morgan fingerprint density at radius 1 is 1.48 bits per heavy atom. The molecule has 23 heavy (non-hydrogen) atoms. The second-order valence-corrected chi connectivity index (χ2v) is 5.54. The van der Waals surface area contributed by atoms with Crippen molar-refractivity contribution in [2.45, 2.75) is 25.7 Å². The number of hydrogen-bond donors (Lipinski definition) is 2. The van der Waals surface area contributed by atoms with Gasteiger partial charge >= 0.3 is 0 Å². The summed E-state index contributed by atoms with van der Waals surface area (Å²) in [7, 11) is 0. The van der Waals surface area contributed by atoms with Gasteiger partial charge in [0.1, 0.15) is 6.26 Å². The highest BCUT2D eigenvalue weighted by molar-refractivity contribution is 5.85. The number of furan rings is 1. The summed E-state index contributed by atoms with van der Waals surface area (Å²) in [5.41, 5.74) is 0.768. The molecule has 3 rings (SSSR count). The zero-order valence-corrected chi connectivity index (χ0v) is 13.6. The second kappa shape index (κ2) is 8.69. The predicted octanol–water partition coefficient (Wildman–Crippen LogP) is 1.80. The highest BCUT2D eigenvalue weighted by Gasteiger charge is 2.15. The molecule has 126 valence electrons. The number of aromatic nitrogens is 2. The van der Waals surface area contributed by atoms with E-state index in [1.165, 1.54) is 12.8 Å². The number of nitrogens with zero attached hydrogens (tertiary/aromatic N) is 2. The number of amides is 1. The lowest BCUT2D eigenvalue weighted by molar-refractivity contribution is -0.121. The van der Waals surface area contributed by atoms with Gasteiger partial charge in [-0.15, -0.1) is 12.4 Å². The van der Waals surface area contributed by atoms with E-state index in [0.717, 1.165) is 25.2 Å². The molecule has 0 aliphatic carbocycles. The molecule has 0 bridgehead atoms. The largest absolute Gasteiger partial charge is 0.472 e. The molecule has 0 radical (unpaired) electrons. The quantitative estimate of drug-likeness (QED) is 0.833. The molecule has 8 heteroatoms. The molecular weight excluding hydrogens is 320 g/mol. The molecule has 0 aromatic carbocycles. The van der Waals surface area contributed by atoms with Crippen LogP contribution >= 0.6 is 12.4 Å². The lowest BCUT2D eigenvalue weighted by Crippen LogP contribution is -2.38. The van der Waals surface area contributed by atoms with E-state index < -0.39 is 0 Å². The van der Waals surface area contributed by atoms with Crippen molar-refractivity contribution in [3.05, 3.63) is 24.5 Å². The monoisotopic (exact) mass is 340 g/mol. The van der Waals surface area contributed by atoms with Crippen LogP contribution < -0.4 is 10.6 Å². The van der Waals surface area contributed by atoms with Crippen LogP contribution in [0.1, 0.15) is 25.2 Å². The van der Waals surface area contributed by atoms with Crippen LogP contribution in [-0.2, 0) is 11.2 Å². The number of hydrogen-bond acceptors (Lipinski definition) is 6. The fourth-order valence-corrected chi connectivity index (χ4v) is 2.53. The number of aryl methyl sites for hydroxylation is 1. The summed E-state index contributed by atoms with van der Waals surface area (Å²) in [6.07, 6.45) is 6.26. The molecule has 3 heterocycles. The number of halogens is 1. The molecule has 1 aliphatic rings. The van der Waals surface area contributed by atoms with Crippen LogP contribution in [0.2, 0.25) is 0 Å². The lowest BCUT2D eigenvalue weighted by atomic mass is 10.00. The average Bonchev–Trinajstić information content (AvgIpc) is 3.22. The number of nitrogens with one attached hydrogen (secondary N) is 2. The summed E-state index contributed by atoms with van der Waals surface area (Å²) in [5, 5.41) is 10.2. The van der Waals surface area contributed by atoms with Crippen LogP contribution in [0.15, 0.2) is 27.5 Å². The number of rotatable bonds is 6. The Balaban J connectivity index is 0.00000192. The van der Waals surface area contributed by atoms with Gasteiger partial charge in [-0.05, 0) is 37.9 Å². The number of piperidine rings is 1. The molecular formula is C15H21ClN4O3. The molecule has 1 atom stereocenters. The zero-order valence-electron chi connectivity index (χ0n) is 12.8. The number of carbonyl (C=O) groups is 1. The predicted molar refractivity (Wildman–Crippen MR) is 86.2 cm³/mol. The number of carbonyl (C=O) groups excluding carboxylic acids is 1. The molecule has 2 N–H and O–H groups in total. The summed E-state index contributed by atoms with van der Waals surface area (Å²) in [4.78, 5) is 16.1. The standard InChI is InChI=1S/C15H20N4O3.ClH/c20-13(17-9-11-2-1-6-16-8-11)3-4-14-18-15(19-22-14)12-5-7-21-10-12;/h5,7,10-11,16H,1-4,6,8-9H2,(H,17,20);1H. The van der Waals surface area contributed by atoms with Gasteiger partial charge < -0.3 is 19.6 Å². The zero-order chi connectivity index (χ0) is 15.2. The Hall–Kier alpha value is -1.86. The highest BCUT2D eigenvalue weighted by Crippen LogP contribution is 2.16. The molecule has 1 fully saturated rings. The maximum Gasteiger partial charge on any atom is 0.227 e. The summed E-state index contributed by atoms with van der Waals surface area (Å²) in [6.45, 7) is 2.80. The van der Waals surface area contributed by atoms with Crippen LogP contribution in [0.5, 0.6) is 0 Å². The molecule has 1 amide bonds. The van der Waals surface area contributed by atoms with Crippen molar-refractivity contribution in [2.75, 3.05) is 19.6 Å². The third kappa shape index (κ3) is 5.07. The van der Waals surface area contributed by atoms with E-state index >= 15 is 0 Å². The Bertz CT molecular complexity index is 594. The maximum absolute atomic E-state index is 11.9. The van der Waals surface area contributed by atoms with Gasteiger partial charge in [0, 0.05) is 19.4 Å². The van der Waals surface area contributed by atoms with Crippen LogP contribution in [0.4, 0.5) is 0 Å². The van der Waals surface area contributed by atoms with E-state index in [4.69, 9.17) is 8.94 Å². The summed E-state index contributed by atoms with van der Waals surface area (Å²) < 4.78 is 10.1. The minimum atomic E-state index is 0. The van der Waals surface area contributed by atoms with E-state index in [2.05, 4.69) is 20.8 Å².